The third kappa shape index (κ3) is 5.70. The van der Waals surface area contributed by atoms with Crippen molar-refractivity contribution >= 4 is 12.3 Å². The molecule has 0 N–H and O–H groups in total. The Labute approximate surface area is 126 Å². The van der Waals surface area contributed by atoms with Gasteiger partial charge in [-0.15, -0.1) is 0 Å². The number of carbonyl (C=O) groups is 2. The van der Waals surface area contributed by atoms with Crippen LogP contribution in [0.4, 0.5) is 0 Å². The van der Waals surface area contributed by atoms with E-state index < -0.39 is 0 Å². The van der Waals surface area contributed by atoms with Crippen LogP contribution in [0, 0.1) is 11.8 Å². The van der Waals surface area contributed by atoms with Gasteiger partial charge in [-0.3, -0.25) is 4.79 Å². The van der Waals surface area contributed by atoms with Crippen molar-refractivity contribution < 1.29 is 14.3 Å². The zero-order chi connectivity index (χ0) is 14.9. The third-order valence-corrected chi connectivity index (χ3v) is 4.27. The first-order valence-electron chi connectivity index (χ1n) is 7.92. The summed E-state index contributed by atoms with van der Waals surface area (Å²) < 4.78 is 5.35. The van der Waals surface area contributed by atoms with E-state index in [0.717, 1.165) is 50.4 Å². The summed E-state index contributed by atoms with van der Waals surface area (Å²) in [5.41, 5.74) is 1.02. The van der Waals surface area contributed by atoms with Crippen LogP contribution in [-0.2, 0) is 20.9 Å². The fourth-order valence-corrected chi connectivity index (χ4v) is 2.95. The Balaban J connectivity index is 1.74. The topological polar surface area (TPSA) is 43.4 Å². The van der Waals surface area contributed by atoms with Gasteiger partial charge in [-0.25, -0.2) is 0 Å². The molecule has 21 heavy (non-hydrogen) atoms. The minimum absolute atomic E-state index is 0.118. The average Bonchev–Trinajstić information content (AvgIpc) is 2.49. The first-order valence-corrected chi connectivity index (χ1v) is 7.92. The van der Waals surface area contributed by atoms with Crippen molar-refractivity contribution in [3.8, 4) is 0 Å². The van der Waals surface area contributed by atoms with Crippen LogP contribution in [-0.4, -0.2) is 12.3 Å². The maximum absolute atomic E-state index is 11.9. The smallest absolute Gasteiger partial charge is 0.306 e. The molecular formula is C18H24O3. The summed E-state index contributed by atoms with van der Waals surface area (Å²) in [5.74, 6) is 0.441. The number of esters is 1. The Bertz CT molecular complexity index is 441. The lowest BCUT2D eigenvalue weighted by atomic mass is 9.84. The quantitative estimate of drug-likeness (QED) is 0.609. The maximum Gasteiger partial charge on any atom is 0.306 e. The molecule has 0 heterocycles. The summed E-state index contributed by atoms with van der Waals surface area (Å²) >= 11 is 0. The Kier molecular flexibility index (Phi) is 6.45. The fraction of sp³-hybridized carbons (Fsp3) is 0.556. The lowest BCUT2D eigenvalue weighted by Gasteiger charge is -2.21. The number of carbonyl (C=O) groups excluding carboxylic acids is 2. The van der Waals surface area contributed by atoms with Crippen LogP contribution in [0.3, 0.4) is 0 Å². The van der Waals surface area contributed by atoms with E-state index in [0.29, 0.717) is 18.9 Å². The monoisotopic (exact) mass is 288 g/mol. The molecule has 1 aliphatic rings. The first kappa shape index (κ1) is 15.7. The van der Waals surface area contributed by atoms with Crippen molar-refractivity contribution in [3.05, 3.63) is 35.9 Å². The van der Waals surface area contributed by atoms with Crippen molar-refractivity contribution in [3.63, 3.8) is 0 Å². The molecule has 114 valence electrons. The van der Waals surface area contributed by atoms with Gasteiger partial charge in [-0.1, -0.05) is 43.2 Å². The molecule has 1 fully saturated rings. The van der Waals surface area contributed by atoms with Crippen molar-refractivity contribution in [1.29, 1.82) is 0 Å². The largest absolute Gasteiger partial charge is 0.461 e. The number of benzene rings is 1. The van der Waals surface area contributed by atoms with Crippen LogP contribution in [0.5, 0.6) is 0 Å². The summed E-state index contributed by atoms with van der Waals surface area (Å²) in [6.45, 7) is 0.351. The lowest BCUT2D eigenvalue weighted by Crippen LogP contribution is -2.16. The van der Waals surface area contributed by atoms with Crippen LogP contribution in [0.15, 0.2) is 30.3 Å². The van der Waals surface area contributed by atoms with E-state index >= 15 is 0 Å². The van der Waals surface area contributed by atoms with Crippen LogP contribution >= 0.6 is 0 Å². The lowest BCUT2D eigenvalue weighted by molar-refractivity contribution is -0.146. The molecule has 2 unspecified atom stereocenters. The van der Waals surface area contributed by atoms with Gasteiger partial charge in [0.15, 0.2) is 0 Å². The Morgan fingerprint density at radius 1 is 1.10 bits per heavy atom. The van der Waals surface area contributed by atoms with Gasteiger partial charge in [0, 0.05) is 12.3 Å². The highest BCUT2D eigenvalue weighted by atomic mass is 16.5. The minimum Gasteiger partial charge on any atom is -0.461 e. The molecule has 0 saturated heterocycles. The number of hydrogen-bond acceptors (Lipinski definition) is 3. The van der Waals surface area contributed by atoms with Crippen LogP contribution in [0.1, 0.15) is 50.5 Å². The van der Waals surface area contributed by atoms with Gasteiger partial charge in [0.25, 0.3) is 0 Å². The first-order chi connectivity index (χ1) is 10.3. The van der Waals surface area contributed by atoms with E-state index in [4.69, 9.17) is 4.74 Å². The highest BCUT2D eigenvalue weighted by molar-refractivity contribution is 5.69. The molecule has 0 aromatic heterocycles. The predicted molar refractivity (Wildman–Crippen MR) is 81.6 cm³/mol. The average molecular weight is 288 g/mol. The SMILES string of the molecule is O=CC1CCCCC(CC(=O)OCc2ccccc2)CC1. The van der Waals surface area contributed by atoms with Gasteiger partial charge in [0.1, 0.15) is 12.9 Å². The van der Waals surface area contributed by atoms with Crippen molar-refractivity contribution in [2.75, 3.05) is 0 Å². The molecule has 0 spiro atoms. The highest BCUT2D eigenvalue weighted by Gasteiger charge is 2.20. The predicted octanol–water partition coefficient (Wildman–Crippen LogP) is 3.91. The zero-order valence-corrected chi connectivity index (χ0v) is 12.5. The van der Waals surface area contributed by atoms with E-state index in [1.807, 2.05) is 30.3 Å². The van der Waals surface area contributed by atoms with Gasteiger partial charge < -0.3 is 9.53 Å². The van der Waals surface area contributed by atoms with Crippen molar-refractivity contribution in [2.24, 2.45) is 11.8 Å². The molecule has 3 heteroatoms. The number of ether oxygens (including phenoxy) is 1. The molecule has 1 aliphatic carbocycles. The van der Waals surface area contributed by atoms with E-state index in [2.05, 4.69) is 0 Å². The molecule has 0 radical (unpaired) electrons. The normalized spacial score (nSPS) is 22.9. The standard InChI is InChI=1S/C18H24O3/c19-13-16-7-5-4-6-15(10-11-16)12-18(20)21-14-17-8-2-1-3-9-17/h1-3,8-9,13,15-16H,4-7,10-12,14H2. The van der Waals surface area contributed by atoms with Crippen molar-refractivity contribution in [2.45, 2.75) is 51.6 Å². The number of aldehydes is 1. The van der Waals surface area contributed by atoms with Crippen LogP contribution < -0.4 is 0 Å². The second-order valence-corrected chi connectivity index (χ2v) is 5.97. The number of hydrogen-bond donors (Lipinski definition) is 0. The molecular weight excluding hydrogens is 264 g/mol. The summed E-state index contributed by atoms with van der Waals surface area (Å²) in [6, 6.07) is 9.74. The Morgan fingerprint density at radius 2 is 1.86 bits per heavy atom. The van der Waals surface area contributed by atoms with Gasteiger partial charge in [-0.05, 0) is 37.2 Å². The number of rotatable bonds is 5. The molecule has 3 nitrogen and oxygen atoms in total. The molecule has 2 atom stereocenters. The second-order valence-electron chi connectivity index (χ2n) is 5.97. The van der Waals surface area contributed by atoms with Crippen molar-refractivity contribution in [1.82, 2.24) is 0 Å². The Morgan fingerprint density at radius 3 is 2.62 bits per heavy atom. The van der Waals surface area contributed by atoms with Gasteiger partial charge in [-0.2, -0.15) is 0 Å². The molecule has 0 aliphatic heterocycles. The van der Waals surface area contributed by atoms with Crippen LogP contribution in [0.2, 0.25) is 0 Å². The summed E-state index contributed by atoms with van der Waals surface area (Å²) in [7, 11) is 0. The second kappa shape index (κ2) is 8.60. The molecule has 1 aromatic rings. The van der Waals surface area contributed by atoms with E-state index in [9.17, 15) is 9.59 Å². The molecule has 0 bridgehead atoms. The highest BCUT2D eigenvalue weighted by Crippen LogP contribution is 2.27. The van der Waals surface area contributed by atoms with Gasteiger partial charge >= 0.3 is 5.97 Å². The summed E-state index contributed by atoms with van der Waals surface area (Å²) in [4.78, 5) is 22.9. The summed E-state index contributed by atoms with van der Waals surface area (Å²) in [5, 5.41) is 0. The van der Waals surface area contributed by atoms with Gasteiger partial charge in [0.05, 0.1) is 0 Å². The third-order valence-electron chi connectivity index (χ3n) is 4.27. The van der Waals surface area contributed by atoms with Crippen LogP contribution in [0.25, 0.3) is 0 Å². The molecule has 1 aromatic carbocycles. The molecule has 2 rings (SSSR count). The maximum atomic E-state index is 11.9. The summed E-state index contributed by atoms with van der Waals surface area (Å²) in [6.07, 6.45) is 7.74. The van der Waals surface area contributed by atoms with E-state index in [-0.39, 0.29) is 11.9 Å². The zero-order valence-electron chi connectivity index (χ0n) is 12.5. The minimum atomic E-state index is -0.118. The molecule has 1 saturated carbocycles. The Hall–Kier alpha value is -1.64. The van der Waals surface area contributed by atoms with E-state index in [1.54, 1.807) is 0 Å². The fourth-order valence-electron chi connectivity index (χ4n) is 2.95. The van der Waals surface area contributed by atoms with E-state index in [1.165, 1.54) is 0 Å². The molecule has 0 amide bonds. The van der Waals surface area contributed by atoms with Gasteiger partial charge in [0.2, 0.25) is 0 Å².